The minimum atomic E-state index is -0.479. The molecule has 0 N–H and O–H groups in total. The van der Waals surface area contributed by atoms with Crippen LogP contribution in [0.4, 0.5) is 0 Å². The summed E-state index contributed by atoms with van der Waals surface area (Å²) in [4.78, 5) is 19.9. The predicted octanol–water partition coefficient (Wildman–Crippen LogP) is 2.65. The van der Waals surface area contributed by atoms with Gasteiger partial charge >= 0.3 is 5.97 Å². The number of nitrogens with zero attached hydrogens (tertiary/aromatic N) is 3. The molecule has 0 atom stereocenters. The summed E-state index contributed by atoms with van der Waals surface area (Å²) in [6, 6.07) is 3.71. The number of carbonyl (C=O) groups is 1. The molecule has 0 aromatic carbocycles. The maximum atomic E-state index is 11.6. The number of thiazole rings is 1. The Kier molecular flexibility index (Phi) is 4.85. The van der Waals surface area contributed by atoms with Gasteiger partial charge in [-0.15, -0.1) is 11.3 Å². The Morgan fingerprint density at radius 3 is 2.90 bits per heavy atom. The van der Waals surface area contributed by atoms with E-state index in [0.29, 0.717) is 22.9 Å². The second-order valence-electron chi connectivity index (χ2n) is 3.87. The van der Waals surface area contributed by atoms with Gasteiger partial charge in [-0.05, 0) is 19.9 Å². The third kappa shape index (κ3) is 3.35. The van der Waals surface area contributed by atoms with Crippen LogP contribution in [0.2, 0.25) is 0 Å². The predicted molar refractivity (Wildman–Crippen MR) is 77.2 cm³/mol. The van der Waals surface area contributed by atoms with Gasteiger partial charge < -0.3 is 9.47 Å². The topological polar surface area (TPSA) is 85.1 Å². The first-order valence-corrected chi connectivity index (χ1v) is 7.23. The first kappa shape index (κ1) is 14.9. The molecule has 108 valence electrons. The molecule has 0 radical (unpaired) electrons. The van der Waals surface area contributed by atoms with Crippen LogP contribution in [0.25, 0.3) is 10.6 Å². The van der Waals surface area contributed by atoms with Gasteiger partial charge in [-0.25, -0.2) is 14.8 Å². The van der Waals surface area contributed by atoms with Crippen molar-refractivity contribution in [2.45, 2.75) is 13.8 Å². The fourth-order valence-electron chi connectivity index (χ4n) is 1.64. The molecule has 0 saturated heterocycles. The molecule has 0 amide bonds. The van der Waals surface area contributed by atoms with E-state index in [1.54, 1.807) is 18.4 Å². The summed E-state index contributed by atoms with van der Waals surface area (Å²) in [6.07, 6.45) is 1.49. The van der Waals surface area contributed by atoms with E-state index in [0.717, 1.165) is 0 Å². The quantitative estimate of drug-likeness (QED) is 0.789. The number of pyridine rings is 1. The van der Waals surface area contributed by atoms with Gasteiger partial charge in [0, 0.05) is 5.38 Å². The number of nitriles is 1. The summed E-state index contributed by atoms with van der Waals surface area (Å²) in [5.41, 5.74) is 1.01. The van der Waals surface area contributed by atoms with Crippen LogP contribution in [0.15, 0.2) is 17.6 Å². The molecule has 2 heterocycles. The number of hydrogen-bond acceptors (Lipinski definition) is 7. The Balaban J connectivity index is 2.39. The molecule has 6 nitrogen and oxygen atoms in total. The molecule has 0 unspecified atom stereocenters. The van der Waals surface area contributed by atoms with Crippen molar-refractivity contribution in [3.05, 3.63) is 29.0 Å². The molecular weight excluding hydrogens is 290 g/mol. The highest BCUT2D eigenvalue weighted by Crippen LogP contribution is 2.29. The maximum absolute atomic E-state index is 11.6. The van der Waals surface area contributed by atoms with Gasteiger partial charge in [-0.3, -0.25) is 0 Å². The zero-order valence-electron chi connectivity index (χ0n) is 11.6. The van der Waals surface area contributed by atoms with Crippen molar-refractivity contribution in [3.63, 3.8) is 0 Å². The van der Waals surface area contributed by atoms with Crippen LogP contribution in [0, 0.1) is 11.3 Å². The van der Waals surface area contributed by atoms with Crippen molar-refractivity contribution in [2.24, 2.45) is 0 Å². The van der Waals surface area contributed by atoms with E-state index in [4.69, 9.17) is 14.7 Å². The minimum absolute atomic E-state index is 0.225. The van der Waals surface area contributed by atoms with E-state index >= 15 is 0 Å². The van der Waals surface area contributed by atoms with Crippen LogP contribution in [-0.2, 0) is 4.74 Å². The molecule has 0 fully saturated rings. The number of hydrogen-bond donors (Lipinski definition) is 0. The van der Waals surface area contributed by atoms with Crippen molar-refractivity contribution in [2.75, 3.05) is 13.2 Å². The highest BCUT2D eigenvalue weighted by atomic mass is 32.1. The van der Waals surface area contributed by atoms with Crippen molar-refractivity contribution >= 4 is 17.3 Å². The van der Waals surface area contributed by atoms with Gasteiger partial charge in [-0.2, -0.15) is 5.26 Å². The third-order valence-electron chi connectivity index (χ3n) is 2.50. The standard InChI is InChI=1S/C14H13N3O3S/c1-3-19-9-5-10(11(6-15)16-7-9)13-17-12(8-21-13)14(18)20-4-2/h5,7-8H,3-4H2,1-2H3. The van der Waals surface area contributed by atoms with E-state index < -0.39 is 5.97 Å². The van der Waals surface area contributed by atoms with Crippen LogP contribution in [0.3, 0.4) is 0 Å². The Morgan fingerprint density at radius 1 is 1.43 bits per heavy atom. The first-order valence-electron chi connectivity index (χ1n) is 6.35. The lowest BCUT2D eigenvalue weighted by Crippen LogP contribution is -2.04. The lowest BCUT2D eigenvalue weighted by Gasteiger charge is -2.05. The van der Waals surface area contributed by atoms with E-state index in [9.17, 15) is 4.79 Å². The molecule has 2 aromatic heterocycles. The Morgan fingerprint density at radius 2 is 2.24 bits per heavy atom. The van der Waals surface area contributed by atoms with Gasteiger partial charge in [0.1, 0.15) is 16.8 Å². The average molecular weight is 303 g/mol. The van der Waals surface area contributed by atoms with E-state index in [1.165, 1.54) is 17.5 Å². The fraction of sp³-hybridized carbons (Fsp3) is 0.286. The number of ether oxygens (including phenoxy) is 2. The van der Waals surface area contributed by atoms with Crippen LogP contribution in [-0.4, -0.2) is 29.2 Å². The average Bonchev–Trinajstić information content (AvgIpc) is 2.97. The molecule has 0 saturated carbocycles. The summed E-state index contributed by atoms with van der Waals surface area (Å²) in [6.45, 7) is 4.38. The van der Waals surface area contributed by atoms with E-state index in [-0.39, 0.29) is 18.0 Å². The summed E-state index contributed by atoms with van der Waals surface area (Å²) in [7, 11) is 0. The van der Waals surface area contributed by atoms with Gasteiger partial charge in [0.05, 0.1) is 25.0 Å². The molecule has 0 aliphatic carbocycles. The molecule has 0 bridgehead atoms. The number of carbonyl (C=O) groups excluding carboxylic acids is 1. The smallest absolute Gasteiger partial charge is 0.357 e. The van der Waals surface area contributed by atoms with Crippen molar-refractivity contribution < 1.29 is 14.3 Å². The van der Waals surface area contributed by atoms with Gasteiger partial charge in [-0.1, -0.05) is 0 Å². The highest BCUT2D eigenvalue weighted by Gasteiger charge is 2.16. The third-order valence-corrected chi connectivity index (χ3v) is 3.37. The maximum Gasteiger partial charge on any atom is 0.357 e. The lowest BCUT2D eigenvalue weighted by atomic mass is 10.2. The Bertz CT molecular complexity index is 691. The Hall–Kier alpha value is -2.46. The van der Waals surface area contributed by atoms with Crippen molar-refractivity contribution in [3.8, 4) is 22.4 Å². The number of rotatable bonds is 5. The zero-order valence-corrected chi connectivity index (χ0v) is 12.4. The van der Waals surface area contributed by atoms with E-state index in [2.05, 4.69) is 9.97 Å². The minimum Gasteiger partial charge on any atom is -0.492 e. The van der Waals surface area contributed by atoms with Crippen LogP contribution in [0.5, 0.6) is 5.75 Å². The second-order valence-corrected chi connectivity index (χ2v) is 4.73. The summed E-state index contributed by atoms with van der Waals surface area (Å²) in [5.74, 6) is 0.0758. The number of aromatic nitrogens is 2. The largest absolute Gasteiger partial charge is 0.492 e. The molecular formula is C14H13N3O3S. The summed E-state index contributed by atoms with van der Waals surface area (Å²) in [5, 5.41) is 11.3. The monoisotopic (exact) mass is 303 g/mol. The van der Waals surface area contributed by atoms with Crippen molar-refractivity contribution in [1.29, 1.82) is 5.26 Å². The molecule has 2 aromatic rings. The normalized spacial score (nSPS) is 9.95. The van der Waals surface area contributed by atoms with Crippen LogP contribution < -0.4 is 4.74 Å². The molecule has 2 rings (SSSR count). The van der Waals surface area contributed by atoms with Gasteiger partial charge in [0.2, 0.25) is 0 Å². The highest BCUT2D eigenvalue weighted by molar-refractivity contribution is 7.13. The van der Waals surface area contributed by atoms with Crippen molar-refractivity contribution in [1.82, 2.24) is 9.97 Å². The van der Waals surface area contributed by atoms with Gasteiger partial charge in [0.15, 0.2) is 11.4 Å². The summed E-state index contributed by atoms with van der Waals surface area (Å²) >= 11 is 1.25. The lowest BCUT2D eigenvalue weighted by molar-refractivity contribution is 0.0520. The first-order chi connectivity index (χ1) is 10.2. The van der Waals surface area contributed by atoms with Crippen LogP contribution in [0.1, 0.15) is 30.0 Å². The number of esters is 1. The second kappa shape index (κ2) is 6.81. The zero-order chi connectivity index (χ0) is 15.2. The molecule has 7 heteroatoms. The van der Waals surface area contributed by atoms with Gasteiger partial charge in [0.25, 0.3) is 0 Å². The van der Waals surface area contributed by atoms with E-state index in [1.807, 2.05) is 13.0 Å². The van der Waals surface area contributed by atoms with Crippen LogP contribution >= 0.6 is 11.3 Å². The molecule has 0 spiro atoms. The SMILES string of the molecule is CCOC(=O)c1csc(-c2cc(OCC)cnc2C#N)n1. The molecule has 0 aliphatic rings. The summed E-state index contributed by atoms with van der Waals surface area (Å²) < 4.78 is 10.3. The Labute approximate surface area is 126 Å². The molecule has 21 heavy (non-hydrogen) atoms. The molecule has 0 aliphatic heterocycles. The fourth-order valence-corrected chi connectivity index (χ4v) is 2.45.